The lowest BCUT2D eigenvalue weighted by molar-refractivity contribution is -0.384. The van der Waals surface area contributed by atoms with E-state index < -0.39 is 4.92 Å². The molecule has 3 aromatic rings. The van der Waals surface area contributed by atoms with Crippen molar-refractivity contribution in [3.05, 3.63) is 65.0 Å². The first kappa shape index (κ1) is 17.1. The Morgan fingerprint density at radius 3 is 2.46 bits per heavy atom. The second-order valence-electron chi connectivity index (χ2n) is 5.28. The van der Waals surface area contributed by atoms with Crippen LogP contribution in [0.25, 0.3) is 11.5 Å². The molecule has 0 fully saturated rings. The lowest BCUT2D eigenvalue weighted by Gasteiger charge is -2.17. The molecule has 9 nitrogen and oxygen atoms in total. The molecule has 9 heteroatoms. The van der Waals surface area contributed by atoms with Gasteiger partial charge in [-0.2, -0.15) is 0 Å². The number of amides is 1. The number of non-ortho nitro benzene ring substituents is 1. The highest BCUT2D eigenvalue weighted by atomic mass is 16.6. The molecule has 0 aliphatic heterocycles. The lowest BCUT2D eigenvalue weighted by Crippen LogP contribution is -2.31. The van der Waals surface area contributed by atoms with Gasteiger partial charge in [-0.3, -0.25) is 14.9 Å². The van der Waals surface area contributed by atoms with E-state index in [4.69, 9.17) is 9.15 Å². The summed E-state index contributed by atoms with van der Waals surface area (Å²) in [5, 5.41) is 18.1. The molecule has 2 aromatic carbocycles. The number of anilines is 1. The molecule has 0 aliphatic rings. The highest BCUT2D eigenvalue weighted by Gasteiger charge is 2.13. The predicted molar refractivity (Wildman–Crippen MR) is 91.7 cm³/mol. The largest absolute Gasteiger partial charge is 0.484 e. The van der Waals surface area contributed by atoms with Crippen molar-refractivity contribution >= 4 is 17.3 Å². The summed E-state index contributed by atoms with van der Waals surface area (Å²) in [5.74, 6) is 0.615. The Bertz CT molecular complexity index is 892. The van der Waals surface area contributed by atoms with Crippen molar-refractivity contribution in [2.45, 2.75) is 0 Å². The normalized spacial score (nSPS) is 10.3. The first-order valence-corrected chi connectivity index (χ1v) is 7.55. The average molecular weight is 354 g/mol. The van der Waals surface area contributed by atoms with E-state index in [1.165, 1.54) is 35.6 Å². The molecule has 0 unspecified atom stereocenters. The summed E-state index contributed by atoms with van der Waals surface area (Å²) in [6, 6.07) is 12.6. The number of nitrogens with zero attached hydrogens (tertiary/aromatic N) is 4. The number of hydrogen-bond donors (Lipinski definition) is 0. The SMILES string of the molecule is CN(C(=O)COc1ccc(-c2nnco2)cc1)c1ccc([N+](=O)[O-])cc1. The second kappa shape index (κ2) is 7.43. The molecule has 0 radical (unpaired) electrons. The maximum absolute atomic E-state index is 12.2. The number of benzene rings is 2. The maximum Gasteiger partial charge on any atom is 0.269 e. The van der Waals surface area contributed by atoms with Crippen LogP contribution in [-0.2, 0) is 4.79 Å². The van der Waals surface area contributed by atoms with E-state index in [1.807, 2.05) is 0 Å². The van der Waals surface area contributed by atoms with Gasteiger partial charge < -0.3 is 14.1 Å². The Morgan fingerprint density at radius 1 is 1.19 bits per heavy atom. The van der Waals surface area contributed by atoms with Crippen LogP contribution in [0, 0.1) is 10.1 Å². The fourth-order valence-electron chi connectivity index (χ4n) is 2.18. The maximum atomic E-state index is 12.2. The van der Waals surface area contributed by atoms with Gasteiger partial charge in [0.15, 0.2) is 6.61 Å². The van der Waals surface area contributed by atoms with Gasteiger partial charge >= 0.3 is 0 Å². The first-order chi connectivity index (χ1) is 12.5. The fraction of sp³-hybridized carbons (Fsp3) is 0.118. The number of nitro groups is 1. The van der Waals surface area contributed by atoms with E-state index in [0.717, 1.165) is 5.56 Å². The minimum absolute atomic E-state index is 0.0350. The molecule has 1 amide bonds. The summed E-state index contributed by atoms with van der Waals surface area (Å²) in [5.41, 5.74) is 1.24. The van der Waals surface area contributed by atoms with Gasteiger partial charge in [-0.05, 0) is 36.4 Å². The second-order valence-corrected chi connectivity index (χ2v) is 5.28. The zero-order valence-electron chi connectivity index (χ0n) is 13.7. The summed E-state index contributed by atoms with van der Waals surface area (Å²) in [7, 11) is 1.57. The van der Waals surface area contributed by atoms with Gasteiger partial charge in [0.1, 0.15) is 5.75 Å². The van der Waals surface area contributed by atoms with Crippen LogP contribution in [0.2, 0.25) is 0 Å². The number of ether oxygens (including phenoxy) is 1. The van der Waals surface area contributed by atoms with Gasteiger partial charge in [-0.1, -0.05) is 0 Å². The number of rotatable bonds is 6. The fourth-order valence-corrected chi connectivity index (χ4v) is 2.18. The summed E-state index contributed by atoms with van der Waals surface area (Å²) in [4.78, 5) is 23.8. The topological polar surface area (TPSA) is 112 Å². The number of nitro benzene ring substituents is 1. The van der Waals surface area contributed by atoms with Crippen molar-refractivity contribution in [1.29, 1.82) is 0 Å². The van der Waals surface area contributed by atoms with Gasteiger partial charge in [0.25, 0.3) is 11.6 Å². The Labute approximate surface area is 148 Å². The zero-order chi connectivity index (χ0) is 18.5. The minimum Gasteiger partial charge on any atom is -0.484 e. The summed E-state index contributed by atoms with van der Waals surface area (Å²) in [6.45, 7) is -0.173. The number of likely N-dealkylation sites (N-methyl/N-ethyl adjacent to an activating group) is 1. The van der Waals surface area contributed by atoms with Gasteiger partial charge in [0.2, 0.25) is 12.3 Å². The lowest BCUT2D eigenvalue weighted by atomic mass is 10.2. The number of carbonyl (C=O) groups excluding carboxylic acids is 1. The monoisotopic (exact) mass is 354 g/mol. The Balaban J connectivity index is 1.58. The molecule has 1 heterocycles. The predicted octanol–water partition coefficient (Wildman–Crippen LogP) is 2.69. The third-order valence-corrected chi connectivity index (χ3v) is 3.65. The van der Waals surface area contributed by atoms with Crippen LogP contribution < -0.4 is 9.64 Å². The molecular formula is C17H14N4O5. The van der Waals surface area contributed by atoms with Crippen molar-refractivity contribution in [1.82, 2.24) is 10.2 Å². The Hall–Kier alpha value is -3.75. The van der Waals surface area contributed by atoms with E-state index in [9.17, 15) is 14.9 Å². The van der Waals surface area contributed by atoms with E-state index in [0.29, 0.717) is 17.3 Å². The zero-order valence-corrected chi connectivity index (χ0v) is 13.7. The van der Waals surface area contributed by atoms with Crippen LogP contribution in [0.3, 0.4) is 0 Å². The van der Waals surface area contributed by atoms with E-state index >= 15 is 0 Å². The Morgan fingerprint density at radius 2 is 1.88 bits per heavy atom. The van der Waals surface area contributed by atoms with Crippen molar-refractivity contribution in [2.75, 3.05) is 18.6 Å². The third kappa shape index (κ3) is 3.83. The molecular weight excluding hydrogens is 340 g/mol. The molecule has 26 heavy (non-hydrogen) atoms. The van der Waals surface area contributed by atoms with E-state index in [2.05, 4.69) is 10.2 Å². The van der Waals surface area contributed by atoms with E-state index in [1.54, 1.807) is 31.3 Å². The van der Waals surface area contributed by atoms with Gasteiger partial charge in [-0.15, -0.1) is 10.2 Å². The van der Waals surface area contributed by atoms with Crippen molar-refractivity contribution in [2.24, 2.45) is 0 Å². The summed E-state index contributed by atoms with van der Waals surface area (Å²) in [6.07, 6.45) is 1.24. The first-order valence-electron chi connectivity index (χ1n) is 7.55. The molecule has 1 aromatic heterocycles. The minimum atomic E-state index is -0.493. The molecule has 0 bridgehead atoms. The average Bonchev–Trinajstić information content (AvgIpc) is 3.20. The Kier molecular flexibility index (Phi) is 4.88. The summed E-state index contributed by atoms with van der Waals surface area (Å²) >= 11 is 0. The van der Waals surface area contributed by atoms with Crippen LogP contribution in [0.15, 0.2) is 59.3 Å². The smallest absolute Gasteiger partial charge is 0.269 e. The molecule has 132 valence electrons. The van der Waals surface area contributed by atoms with Gasteiger partial charge in [0.05, 0.1) is 4.92 Å². The molecule has 0 N–H and O–H groups in total. The van der Waals surface area contributed by atoms with Gasteiger partial charge in [-0.25, -0.2) is 0 Å². The van der Waals surface area contributed by atoms with Crippen LogP contribution in [0.4, 0.5) is 11.4 Å². The van der Waals surface area contributed by atoms with Gasteiger partial charge in [0, 0.05) is 30.4 Å². The highest BCUT2D eigenvalue weighted by molar-refractivity contribution is 5.94. The molecule has 0 saturated heterocycles. The van der Waals surface area contributed by atoms with Crippen molar-refractivity contribution in [3.63, 3.8) is 0 Å². The van der Waals surface area contributed by atoms with Crippen LogP contribution in [-0.4, -0.2) is 34.7 Å². The molecule has 3 rings (SSSR count). The number of aromatic nitrogens is 2. The standard InChI is InChI=1S/C17H14N4O5/c1-20(13-4-6-14(7-5-13)21(23)24)16(22)10-25-15-8-2-12(3-9-15)17-19-18-11-26-17/h2-9,11H,10H2,1H3. The van der Waals surface area contributed by atoms with Crippen LogP contribution >= 0.6 is 0 Å². The van der Waals surface area contributed by atoms with E-state index in [-0.39, 0.29) is 18.2 Å². The quantitative estimate of drug-likeness (QED) is 0.494. The van der Waals surface area contributed by atoms with Crippen LogP contribution in [0.5, 0.6) is 5.75 Å². The highest BCUT2D eigenvalue weighted by Crippen LogP contribution is 2.21. The third-order valence-electron chi connectivity index (χ3n) is 3.65. The summed E-state index contributed by atoms with van der Waals surface area (Å²) < 4.78 is 10.6. The van der Waals surface area contributed by atoms with Crippen LogP contribution in [0.1, 0.15) is 0 Å². The number of hydrogen-bond acceptors (Lipinski definition) is 7. The molecule has 0 aliphatic carbocycles. The van der Waals surface area contributed by atoms with Crippen molar-refractivity contribution < 1.29 is 18.9 Å². The molecule has 0 atom stereocenters. The molecule has 0 saturated carbocycles. The number of carbonyl (C=O) groups is 1. The molecule has 0 spiro atoms. The van der Waals surface area contributed by atoms with Crippen molar-refractivity contribution in [3.8, 4) is 17.2 Å².